The summed E-state index contributed by atoms with van der Waals surface area (Å²) in [6.45, 7) is 7.08. The first-order valence-electron chi connectivity index (χ1n) is 20.0. The van der Waals surface area contributed by atoms with Crippen LogP contribution in [0.4, 0.5) is 0 Å². The van der Waals surface area contributed by atoms with Crippen molar-refractivity contribution in [3.63, 3.8) is 0 Å². The molecule has 0 unspecified atom stereocenters. The quantitative estimate of drug-likeness (QED) is 0.128. The second kappa shape index (κ2) is 14.8. The van der Waals surface area contributed by atoms with Gasteiger partial charge >= 0.3 is 0 Å². The van der Waals surface area contributed by atoms with E-state index >= 15 is 0 Å². The van der Waals surface area contributed by atoms with E-state index in [0.717, 1.165) is 16.8 Å². The minimum atomic E-state index is -2.57. The molecule has 251 valence electrons. The van der Waals surface area contributed by atoms with Gasteiger partial charge in [0.05, 0.1) is 13.7 Å². The van der Waals surface area contributed by atoms with Gasteiger partial charge in [-0.05, 0) is 64.3 Å². The zero-order chi connectivity index (χ0) is 40.8. The van der Waals surface area contributed by atoms with E-state index in [4.69, 9.17) is 15.4 Å². The van der Waals surface area contributed by atoms with Gasteiger partial charge < -0.3 is 14.4 Å². The fraction of sp³-hybridized carbons (Fsp3) is 0.227. The fourth-order valence-corrected chi connectivity index (χ4v) is 6.54. The summed E-state index contributed by atoms with van der Waals surface area (Å²) in [6.07, 6.45) is 1.20. The van der Waals surface area contributed by atoms with Gasteiger partial charge in [0.2, 0.25) is 0 Å². The van der Waals surface area contributed by atoms with Gasteiger partial charge in [-0.1, -0.05) is 118 Å². The van der Waals surface area contributed by atoms with Gasteiger partial charge in [0.25, 0.3) is 0 Å². The first kappa shape index (κ1) is 26.7. The number of aryl methyl sites for hydroxylation is 2. The molecular formula is C44H44IrN2OSi-2. The molecule has 0 aliphatic carbocycles. The van der Waals surface area contributed by atoms with Crippen molar-refractivity contribution in [2.45, 2.75) is 60.5 Å². The van der Waals surface area contributed by atoms with Crippen LogP contribution in [0, 0.1) is 31.3 Å². The van der Waals surface area contributed by atoms with Crippen LogP contribution in [0.2, 0.25) is 19.6 Å². The molecule has 3 heterocycles. The van der Waals surface area contributed by atoms with Crippen LogP contribution < -0.4 is 5.19 Å². The number of hydrogen-bond acceptors (Lipinski definition) is 3. The van der Waals surface area contributed by atoms with Crippen molar-refractivity contribution in [2.24, 2.45) is 5.41 Å². The molecule has 4 aromatic carbocycles. The summed E-state index contributed by atoms with van der Waals surface area (Å²) >= 11 is 0. The van der Waals surface area contributed by atoms with E-state index in [1.54, 1.807) is 39.0 Å². The van der Waals surface area contributed by atoms with E-state index < -0.39 is 33.6 Å². The zero-order valence-electron chi connectivity index (χ0n) is 36.5. The van der Waals surface area contributed by atoms with Gasteiger partial charge in [0.15, 0.2) is 0 Å². The molecule has 0 spiro atoms. The van der Waals surface area contributed by atoms with Crippen LogP contribution in [0.15, 0.2) is 114 Å². The van der Waals surface area contributed by atoms with E-state index in [9.17, 15) is 0 Å². The normalized spacial score (nSPS) is 14.8. The molecule has 0 N–H and O–H groups in total. The van der Waals surface area contributed by atoms with Crippen LogP contribution in [0.1, 0.15) is 48.4 Å². The Labute approximate surface area is 317 Å². The van der Waals surface area contributed by atoms with Crippen molar-refractivity contribution in [1.82, 2.24) is 9.97 Å². The standard InChI is InChI=1S/C30H28NO.C14H16NSi.Ir/c1-19-18-31-27(16-22(19)17-30(3,4)5)26-13-9-12-24-25-15-14-23(21-10-7-6-8-11-21)20(2)28(25)32-29(24)26;1-16(2,3)13-9-10-14(15-11-13)12-7-5-4-6-8-12;/h6-12,14-16,18H,17H2,1-5H3;4-7,9-11H,1-3H3;/q2*-1;/i1D3,2D3,17D2;;. The summed E-state index contributed by atoms with van der Waals surface area (Å²) in [5, 5.41) is 2.66. The van der Waals surface area contributed by atoms with Gasteiger partial charge in [0.1, 0.15) is 5.58 Å². The SMILES string of the molecule is C[Si](C)(C)c1ccc(-c2[c-]cccc2)nc1.[2H]C([2H])([2H])c1cnc(-c2[c-]ccc3c2oc2c(C([2H])([2H])[2H])c(-c4ccccc4)ccc23)cc1C([2H])([2H])C(C)(C)C.[Ir]. The Hall–Kier alpha value is -4.15. The van der Waals surface area contributed by atoms with Crippen LogP contribution in [0.5, 0.6) is 0 Å². The fourth-order valence-electron chi connectivity index (χ4n) is 5.50. The molecule has 0 aliphatic rings. The average molecular weight is 845 g/mol. The van der Waals surface area contributed by atoms with Crippen molar-refractivity contribution in [3.05, 3.63) is 138 Å². The third kappa shape index (κ3) is 8.19. The Morgan fingerprint density at radius 3 is 2.18 bits per heavy atom. The molecule has 5 heteroatoms. The van der Waals surface area contributed by atoms with Crippen molar-refractivity contribution < 1.29 is 35.5 Å². The number of fused-ring (bicyclic) bond motifs is 3. The maximum absolute atomic E-state index is 8.84. The molecule has 1 radical (unpaired) electrons. The molecule has 0 atom stereocenters. The van der Waals surface area contributed by atoms with Gasteiger partial charge in [-0.15, -0.1) is 54.1 Å². The third-order valence-corrected chi connectivity index (χ3v) is 10.00. The predicted molar refractivity (Wildman–Crippen MR) is 205 cm³/mol. The maximum Gasteiger partial charge on any atom is 0.124 e. The minimum absolute atomic E-state index is 0. The summed E-state index contributed by atoms with van der Waals surface area (Å²) in [7, 11) is -1.23. The summed E-state index contributed by atoms with van der Waals surface area (Å²) in [5.41, 5.74) is 3.60. The smallest absolute Gasteiger partial charge is 0.124 e. The summed E-state index contributed by atoms with van der Waals surface area (Å²) < 4.78 is 73.0. The first-order valence-corrected chi connectivity index (χ1v) is 19.5. The number of aromatic nitrogens is 2. The number of rotatable bonds is 5. The number of furan rings is 1. The Morgan fingerprint density at radius 1 is 0.776 bits per heavy atom. The first-order chi connectivity index (χ1) is 26.1. The second-order valence-corrected chi connectivity index (χ2v) is 19.0. The zero-order valence-corrected chi connectivity index (χ0v) is 31.9. The topological polar surface area (TPSA) is 38.9 Å². The van der Waals surface area contributed by atoms with Gasteiger partial charge in [-0.2, -0.15) is 0 Å². The van der Waals surface area contributed by atoms with Crippen LogP contribution in [-0.2, 0) is 26.5 Å². The van der Waals surface area contributed by atoms with E-state index in [0.29, 0.717) is 27.5 Å². The molecule has 7 rings (SSSR count). The third-order valence-electron chi connectivity index (χ3n) is 7.97. The van der Waals surface area contributed by atoms with Gasteiger partial charge in [0, 0.05) is 48.9 Å². The van der Waals surface area contributed by atoms with Crippen LogP contribution in [0.25, 0.3) is 55.6 Å². The monoisotopic (exact) mass is 845 g/mol. The van der Waals surface area contributed by atoms with E-state index in [-0.39, 0.29) is 48.1 Å². The Bertz CT molecular complexity index is 2490. The molecule has 0 amide bonds. The van der Waals surface area contributed by atoms with Crippen molar-refractivity contribution in [3.8, 4) is 33.6 Å². The number of pyridine rings is 2. The second-order valence-electron chi connectivity index (χ2n) is 13.9. The van der Waals surface area contributed by atoms with Crippen molar-refractivity contribution >= 4 is 35.2 Å². The maximum atomic E-state index is 8.84. The van der Waals surface area contributed by atoms with Crippen LogP contribution in [0.3, 0.4) is 0 Å². The minimum Gasteiger partial charge on any atom is -0.500 e. The molecule has 0 saturated heterocycles. The van der Waals surface area contributed by atoms with Gasteiger partial charge in [-0.3, -0.25) is 0 Å². The summed E-state index contributed by atoms with van der Waals surface area (Å²) in [4.78, 5) is 8.92. The molecule has 0 aliphatic heterocycles. The molecular weight excluding hydrogens is 793 g/mol. The molecule has 7 aromatic rings. The molecule has 0 fully saturated rings. The molecule has 49 heavy (non-hydrogen) atoms. The number of nitrogens with zero attached hydrogens (tertiary/aromatic N) is 2. The molecule has 3 nitrogen and oxygen atoms in total. The van der Waals surface area contributed by atoms with Gasteiger partial charge in [-0.25, -0.2) is 0 Å². The molecule has 0 bridgehead atoms. The van der Waals surface area contributed by atoms with E-state index in [2.05, 4.69) is 53.9 Å². The number of hydrogen-bond donors (Lipinski definition) is 0. The molecule has 0 saturated carbocycles. The van der Waals surface area contributed by atoms with E-state index in [1.807, 2.05) is 66.9 Å². The van der Waals surface area contributed by atoms with Crippen molar-refractivity contribution in [1.29, 1.82) is 0 Å². The Balaban J connectivity index is 0.000000305. The Kier molecular flexibility index (Phi) is 8.04. The Morgan fingerprint density at radius 2 is 1.53 bits per heavy atom. The summed E-state index contributed by atoms with van der Waals surface area (Å²) in [6, 6.07) is 36.3. The average Bonchev–Trinajstić information content (AvgIpc) is 3.52. The predicted octanol–water partition coefficient (Wildman–Crippen LogP) is 11.4. The van der Waals surface area contributed by atoms with E-state index in [1.165, 1.54) is 17.4 Å². The number of benzene rings is 4. The molecule has 3 aromatic heterocycles. The van der Waals surface area contributed by atoms with Crippen LogP contribution in [-0.4, -0.2) is 18.0 Å². The summed E-state index contributed by atoms with van der Waals surface area (Å²) in [5.74, 6) is 0. The largest absolute Gasteiger partial charge is 0.500 e. The van der Waals surface area contributed by atoms with Crippen molar-refractivity contribution in [2.75, 3.05) is 0 Å². The van der Waals surface area contributed by atoms with Crippen LogP contribution >= 0.6 is 0 Å².